The fourth-order valence-corrected chi connectivity index (χ4v) is 2.65. The van der Waals surface area contributed by atoms with E-state index in [0.717, 1.165) is 5.56 Å². The highest BCUT2D eigenvalue weighted by molar-refractivity contribution is 6.31. The van der Waals surface area contributed by atoms with Gasteiger partial charge in [0.2, 0.25) is 11.2 Å². The lowest BCUT2D eigenvalue weighted by atomic mass is 9.86. The van der Waals surface area contributed by atoms with Crippen LogP contribution in [0.1, 0.15) is 26.3 Å². The first-order valence-corrected chi connectivity index (χ1v) is 7.71. The van der Waals surface area contributed by atoms with Crippen molar-refractivity contribution in [2.45, 2.75) is 26.2 Å². The first-order valence-electron chi connectivity index (χ1n) is 7.33. The van der Waals surface area contributed by atoms with Crippen molar-refractivity contribution in [3.05, 3.63) is 63.3 Å². The molecule has 0 atom stereocenters. The summed E-state index contributed by atoms with van der Waals surface area (Å²) in [6.45, 7) is 6.37. The van der Waals surface area contributed by atoms with Gasteiger partial charge < -0.3 is 9.52 Å². The van der Waals surface area contributed by atoms with Crippen LogP contribution in [0.3, 0.4) is 0 Å². The quantitative estimate of drug-likeness (QED) is 0.674. The molecule has 0 radical (unpaired) electrons. The van der Waals surface area contributed by atoms with Crippen LogP contribution in [0.15, 0.2) is 51.7 Å². The smallest absolute Gasteiger partial charge is 0.235 e. The molecular weight excluding hydrogens is 312 g/mol. The second-order valence-electron chi connectivity index (χ2n) is 6.58. The van der Waals surface area contributed by atoms with Crippen molar-refractivity contribution in [1.29, 1.82) is 0 Å². The van der Waals surface area contributed by atoms with Gasteiger partial charge in [-0.05, 0) is 29.2 Å². The SMILES string of the molecule is CC(C)(C)c1ccc(-c2oc3ccc(Cl)cc3c(=O)c2O)cc1. The molecule has 0 aliphatic rings. The molecule has 3 aromatic rings. The Morgan fingerprint density at radius 3 is 2.30 bits per heavy atom. The van der Waals surface area contributed by atoms with E-state index in [4.69, 9.17) is 16.0 Å². The summed E-state index contributed by atoms with van der Waals surface area (Å²) in [6, 6.07) is 12.4. The summed E-state index contributed by atoms with van der Waals surface area (Å²) in [5.41, 5.74) is 1.76. The predicted molar refractivity (Wildman–Crippen MR) is 93.3 cm³/mol. The molecule has 0 aliphatic heterocycles. The Hall–Kier alpha value is -2.26. The molecule has 118 valence electrons. The Kier molecular flexibility index (Phi) is 3.69. The monoisotopic (exact) mass is 328 g/mol. The van der Waals surface area contributed by atoms with Crippen LogP contribution in [0.25, 0.3) is 22.3 Å². The zero-order valence-electron chi connectivity index (χ0n) is 13.2. The average molecular weight is 329 g/mol. The summed E-state index contributed by atoms with van der Waals surface area (Å²) < 4.78 is 5.73. The van der Waals surface area contributed by atoms with Crippen molar-refractivity contribution in [2.75, 3.05) is 0 Å². The van der Waals surface area contributed by atoms with Gasteiger partial charge in [0.05, 0.1) is 5.39 Å². The first kappa shape index (κ1) is 15.6. The fourth-order valence-electron chi connectivity index (χ4n) is 2.47. The number of fused-ring (bicyclic) bond motifs is 1. The number of rotatable bonds is 1. The van der Waals surface area contributed by atoms with Crippen LogP contribution in [0.5, 0.6) is 5.75 Å². The summed E-state index contributed by atoms with van der Waals surface area (Å²) in [6.07, 6.45) is 0. The minimum atomic E-state index is -0.483. The molecule has 0 aliphatic carbocycles. The lowest BCUT2D eigenvalue weighted by Crippen LogP contribution is -2.10. The first-order chi connectivity index (χ1) is 10.8. The maximum Gasteiger partial charge on any atom is 0.235 e. The third-order valence-electron chi connectivity index (χ3n) is 3.84. The van der Waals surface area contributed by atoms with E-state index in [-0.39, 0.29) is 16.6 Å². The van der Waals surface area contributed by atoms with Crippen molar-refractivity contribution < 1.29 is 9.52 Å². The normalized spacial score (nSPS) is 11.8. The third kappa shape index (κ3) is 2.84. The second-order valence-corrected chi connectivity index (χ2v) is 7.01. The van der Waals surface area contributed by atoms with E-state index in [0.29, 0.717) is 16.2 Å². The van der Waals surface area contributed by atoms with Crippen LogP contribution in [0, 0.1) is 0 Å². The van der Waals surface area contributed by atoms with E-state index >= 15 is 0 Å². The van der Waals surface area contributed by atoms with Crippen LogP contribution < -0.4 is 5.43 Å². The molecule has 0 saturated carbocycles. The lowest BCUT2D eigenvalue weighted by Gasteiger charge is -2.19. The van der Waals surface area contributed by atoms with Gasteiger partial charge in [-0.3, -0.25) is 4.79 Å². The highest BCUT2D eigenvalue weighted by Crippen LogP contribution is 2.32. The molecule has 0 spiro atoms. The summed E-state index contributed by atoms with van der Waals surface area (Å²) >= 11 is 5.90. The summed E-state index contributed by atoms with van der Waals surface area (Å²) in [4.78, 5) is 12.3. The number of aromatic hydroxyl groups is 1. The van der Waals surface area contributed by atoms with Gasteiger partial charge in [0.25, 0.3) is 0 Å². The molecule has 3 nitrogen and oxygen atoms in total. The predicted octanol–water partition coefficient (Wildman–Crippen LogP) is 5.12. The van der Waals surface area contributed by atoms with Gasteiger partial charge >= 0.3 is 0 Å². The van der Waals surface area contributed by atoms with Crippen LogP contribution in [0.4, 0.5) is 0 Å². The van der Waals surface area contributed by atoms with Crippen molar-refractivity contribution in [2.24, 2.45) is 0 Å². The molecule has 23 heavy (non-hydrogen) atoms. The summed E-state index contributed by atoms with van der Waals surface area (Å²) in [5.74, 6) is -0.228. The standard InChI is InChI=1S/C19H17ClO3/c1-19(2,3)12-6-4-11(5-7-12)18-17(22)16(21)14-10-13(20)8-9-15(14)23-18/h4-10,22H,1-3H3. The van der Waals surface area contributed by atoms with Crippen molar-refractivity contribution in [3.63, 3.8) is 0 Å². The van der Waals surface area contributed by atoms with Gasteiger partial charge in [-0.25, -0.2) is 0 Å². The maximum absolute atomic E-state index is 12.3. The molecule has 1 heterocycles. The topological polar surface area (TPSA) is 50.4 Å². The fraction of sp³-hybridized carbons (Fsp3) is 0.211. The molecule has 4 heteroatoms. The minimum Gasteiger partial charge on any atom is -0.502 e. The Labute approximate surface area is 139 Å². The van der Waals surface area contributed by atoms with Crippen LogP contribution in [0.2, 0.25) is 5.02 Å². The molecule has 1 aromatic heterocycles. The Balaban J connectivity index is 2.19. The maximum atomic E-state index is 12.3. The largest absolute Gasteiger partial charge is 0.502 e. The second kappa shape index (κ2) is 5.43. The average Bonchev–Trinajstić information content (AvgIpc) is 2.51. The van der Waals surface area contributed by atoms with Gasteiger partial charge in [0, 0.05) is 10.6 Å². The zero-order chi connectivity index (χ0) is 16.8. The molecule has 0 saturated heterocycles. The highest BCUT2D eigenvalue weighted by atomic mass is 35.5. The molecule has 0 unspecified atom stereocenters. The molecule has 2 aromatic carbocycles. The van der Waals surface area contributed by atoms with Crippen molar-refractivity contribution >= 4 is 22.6 Å². The number of benzene rings is 2. The van der Waals surface area contributed by atoms with E-state index in [2.05, 4.69) is 20.8 Å². The number of hydrogen-bond acceptors (Lipinski definition) is 3. The van der Waals surface area contributed by atoms with E-state index in [1.165, 1.54) is 6.07 Å². The molecule has 1 N–H and O–H groups in total. The van der Waals surface area contributed by atoms with Gasteiger partial charge in [-0.15, -0.1) is 0 Å². The van der Waals surface area contributed by atoms with Gasteiger partial charge in [0.15, 0.2) is 5.76 Å². The van der Waals surface area contributed by atoms with Crippen molar-refractivity contribution in [3.8, 4) is 17.1 Å². The molecule has 3 rings (SSSR count). The van der Waals surface area contributed by atoms with Crippen molar-refractivity contribution in [1.82, 2.24) is 0 Å². The molecule has 0 fully saturated rings. The molecule has 0 amide bonds. The minimum absolute atomic E-state index is 0.0293. The Bertz CT molecular complexity index is 932. The van der Waals surface area contributed by atoms with Gasteiger partial charge in [-0.1, -0.05) is 56.6 Å². The Morgan fingerprint density at radius 1 is 1.04 bits per heavy atom. The lowest BCUT2D eigenvalue weighted by molar-refractivity contribution is 0.449. The van der Waals surface area contributed by atoms with Crippen LogP contribution >= 0.6 is 11.6 Å². The summed E-state index contributed by atoms with van der Waals surface area (Å²) in [5, 5.41) is 10.9. The Morgan fingerprint density at radius 2 is 1.70 bits per heavy atom. The molecule has 0 bridgehead atoms. The van der Waals surface area contributed by atoms with E-state index in [1.54, 1.807) is 12.1 Å². The van der Waals surface area contributed by atoms with Gasteiger partial charge in [-0.2, -0.15) is 0 Å². The zero-order valence-corrected chi connectivity index (χ0v) is 13.9. The number of halogens is 1. The van der Waals surface area contributed by atoms with E-state index in [9.17, 15) is 9.90 Å². The van der Waals surface area contributed by atoms with Crippen LogP contribution in [-0.4, -0.2) is 5.11 Å². The van der Waals surface area contributed by atoms with Gasteiger partial charge in [0.1, 0.15) is 5.58 Å². The molecular formula is C19H17ClO3. The van der Waals surface area contributed by atoms with E-state index < -0.39 is 11.2 Å². The van der Waals surface area contributed by atoms with Crippen LogP contribution in [-0.2, 0) is 5.41 Å². The summed E-state index contributed by atoms with van der Waals surface area (Å²) in [7, 11) is 0. The highest BCUT2D eigenvalue weighted by Gasteiger charge is 2.17. The number of hydrogen-bond donors (Lipinski definition) is 1. The third-order valence-corrected chi connectivity index (χ3v) is 4.08. The van der Waals surface area contributed by atoms with E-state index in [1.807, 2.05) is 24.3 Å².